The molecule has 1 amide bonds. The number of thioether (sulfide) groups is 1. The minimum absolute atomic E-state index is 0.0816. The minimum Gasteiger partial charge on any atom is -0.496 e. The number of aryl methyl sites for hydroxylation is 1. The molecule has 2 aliphatic rings. The number of benzene rings is 2. The van der Waals surface area contributed by atoms with E-state index in [2.05, 4.69) is 4.99 Å². The first kappa shape index (κ1) is 20.0. The van der Waals surface area contributed by atoms with Gasteiger partial charge in [-0.25, -0.2) is 8.42 Å². The quantitative estimate of drug-likeness (QED) is 0.743. The van der Waals surface area contributed by atoms with Gasteiger partial charge < -0.3 is 9.64 Å². The largest absolute Gasteiger partial charge is 0.496 e. The van der Waals surface area contributed by atoms with Crippen LogP contribution in [-0.4, -0.2) is 49.4 Å². The zero-order chi connectivity index (χ0) is 20.6. The molecule has 29 heavy (non-hydrogen) atoms. The number of fused-ring (bicyclic) bond motifs is 1. The highest BCUT2D eigenvalue weighted by atomic mass is 32.2. The lowest BCUT2D eigenvalue weighted by molar-refractivity contribution is -0.117. The Bertz CT molecular complexity index is 1060. The molecule has 2 aromatic rings. The standard InChI is InChI=1S/C21H22N2O4S2/c1-14-7-9-16(10-8-14)23-17-12-29(25,26)13-19(17)28-21(23)22-20(24)11-15-5-3-4-6-18(15)27-2/h3-10,17,19H,11-13H2,1-2H3. The average Bonchev–Trinajstić information content (AvgIpc) is 3.13. The Hall–Kier alpha value is -2.32. The van der Waals surface area contributed by atoms with E-state index in [0.29, 0.717) is 10.9 Å². The lowest BCUT2D eigenvalue weighted by Crippen LogP contribution is -2.37. The zero-order valence-electron chi connectivity index (χ0n) is 16.2. The number of amidine groups is 1. The van der Waals surface area contributed by atoms with Crippen molar-refractivity contribution in [2.45, 2.75) is 24.6 Å². The SMILES string of the molecule is COc1ccccc1CC(=O)N=C1SC2CS(=O)(=O)CC2N1c1ccc(C)cc1. The fraction of sp³-hybridized carbons (Fsp3) is 0.333. The van der Waals surface area contributed by atoms with E-state index in [4.69, 9.17) is 4.74 Å². The van der Waals surface area contributed by atoms with Crippen molar-refractivity contribution in [3.05, 3.63) is 59.7 Å². The van der Waals surface area contributed by atoms with Crippen LogP contribution in [0.3, 0.4) is 0 Å². The van der Waals surface area contributed by atoms with Crippen LogP contribution in [0.5, 0.6) is 5.75 Å². The first-order chi connectivity index (χ1) is 13.9. The Morgan fingerprint density at radius 3 is 2.62 bits per heavy atom. The van der Waals surface area contributed by atoms with E-state index < -0.39 is 9.84 Å². The van der Waals surface area contributed by atoms with Gasteiger partial charge in [-0.3, -0.25) is 4.79 Å². The molecule has 2 heterocycles. The fourth-order valence-corrected chi connectivity index (χ4v) is 7.66. The highest BCUT2D eigenvalue weighted by Gasteiger charge is 2.49. The average molecular weight is 431 g/mol. The molecule has 2 aromatic carbocycles. The van der Waals surface area contributed by atoms with Crippen LogP contribution in [0.2, 0.25) is 0 Å². The number of hydrogen-bond acceptors (Lipinski definition) is 5. The van der Waals surface area contributed by atoms with E-state index in [1.807, 2.05) is 60.4 Å². The number of ether oxygens (including phenoxy) is 1. The predicted molar refractivity (Wildman–Crippen MR) is 117 cm³/mol. The van der Waals surface area contributed by atoms with Crippen molar-refractivity contribution < 1.29 is 17.9 Å². The van der Waals surface area contributed by atoms with Crippen LogP contribution in [0.1, 0.15) is 11.1 Å². The minimum atomic E-state index is -3.08. The van der Waals surface area contributed by atoms with Crippen molar-refractivity contribution in [1.29, 1.82) is 0 Å². The molecular weight excluding hydrogens is 408 g/mol. The third-order valence-corrected chi connectivity index (χ3v) is 8.34. The number of sulfone groups is 1. The van der Waals surface area contributed by atoms with Crippen molar-refractivity contribution in [1.82, 2.24) is 0 Å². The monoisotopic (exact) mass is 430 g/mol. The normalized spacial score (nSPS) is 23.9. The molecule has 0 aromatic heterocycles. The second-order valence-corrected chi connectivity index (χ2v) is 10.6. The molecule has 2 aliphatic heterocycles. The van der Waals surface area contributed by atoms with Gasteiger partial charge in [-0.15, -0.1) is 0 Å². The summed E-state index contributed by atoms with van der Waals surface area (Å²) in [5, 5.41) is 0.456. The van der Waals surface area contributed by atoms with Gasteiger partial charge in [0.05, 0.1) is 31.1 Å². The van der Waals surface area contributed by atoms with Gasteiger partial charge in [0.25, 0.3) is 5.91 Å². The Labute approximate surface area is 174 Å². The summed E-state index contributed by atoms with van der Waals surface area (Å²) in [7, 11) is -1.51. The van der Waals surface area contributed by atoms with Gasteiger partial charge in [0, 0.05) is 16.5 Å². The van der Waals surface area contributed by atoms with Crippen molar-refractivity contribution in [3.8, 4) is 5.75 Å². The molecule has 6 nitrogen and oxygen atoms in total. The van der Waals surface area contributed by atoms with E-state index >= 15 is 0 Å². The summed E-state index contributed by atoms with van der Waals surface area (Å²) in [6.07, 6.45) is 0.128. The second kappa shape index (κ2) is 7.84. The highest BCUT2D eigenvalue weighted by molar-refractivity contribution is 8.16. The molecule has 0 bridgehead atoms. The van der Waals surface area contributed by atoms with Gasteiger partial charge in [-0.05, 0) is 25.1 Å². The van der Waals surface area contributed by atoms with Crippen LogP contribution in [-0.2, 0) is 21.1 Å². The summed E-state index contributed by atoms with van der Waals surface area (Å²) in [6, 6.07) is 15.0. The molecule has 2 atom stereocenters. The fourth-order valence-electron chi connectivity index (χ4n) is 3.73. The van der Waals surface area contributed by atoms with E-state index in [1.165, 1.54) is 11.8 Å². The molecule has 2 unspecified atom stereocenters. The van der Waals surface area contributed by atoms with Crippen molar-refractivity contribution in [2.75, 3.05) is 23.5 Å². The van der Waals surface area contributed by atoms with Gasteiger partial charge >= 0.3 is 0 Å². The molecule has 0 N–H and O–H groups in total. The van der Waals surface area contributed by atoms with Crippen molar-refractivity contribution in [3.63, 3.8) is 0 Å². The topological polar surface area (TPSA) is 76.0 Å². The molecular formula is C21H22N2O4S2. The Balaban J connectivity index is 1.64. The Morgan fingerprint density at radius 2 is 1.90 bits per heavy atom. The number of aliphatic imine (C=N–C) groups is 1. The van der Waals surface area contributed by atoms with Crippen LogP contribution in [0.15, 0.2) is 53.5 Å². The number of methoxy groups -OCH3 is 1. The number of nitrogens with zero attached hydrogens (tertiary/aromatic N) is 2. The van der Waals surface area contributed by atoms with Crippen LogP contribution in [0, 0.1) is 6.92 Å². The van der Waals surface area contributed by atoms with Gasteiger partial charge in [-0.2, -0.15) is 4.99 Å². The number of hydrogen-bond donors (Lipinski definition) is 0. The lowest BCUT2D eigenvalue weighted by atomic mass is 10.1. The second-order valence-electron chi connectivity index (χ2n) is 7.28. The Kier molecular flexibility index (Phi) is 5.40. The summed E-state index contributed by atoms with van der Waals surface area (Å²) in [6.45, 7) is 2.00. The van der Waals surface area contributed by atoms with Gasteiger partial charge in [0.2, 0.25) is 0 Å². The van der Waals surface area contributed by atoms with E-state index in [1.54, 1.807) is 7.11 Å². The molecule has 4 rings (SSSR count). The maximum atomic E-state index is 12.7. The first-order valence-electron chi connectivity index (χ1n) is 9.33. The molecule has 152 valence electrons. The highest BCUT2D eigenvalue weighted by Crippen LogP contribution is 2.41. The number of anilines is 1. The summed E-state index contributed by atoms with van der Waals surface area (Å²) in [4.78, 5) is 19.0. The predicted octanol–water partition coefficient (Wildman–Crippen LogP) is 2.85. The van der Waals surface area contributed by atoms with E-state index in [9.17, 15) is 13.2 Å². The molecule has 0 radical (unpaired) electrons. The number of carbonyl (C=O) groups excluding carboxylic acids is 1. The van der Waals surface area contributed by atoms with Crippen molar-refractivity contribution in [2.24, 2.45) is 4.99 Å². The number of rotatable bonds is 4. The maximum absolute atomic E-state index is 12.7. The molecule has 0 spiro atoms. The Morgan fingerprint density at radius 1 is 1.17 bits per heavy atom. The first-order valence-corrected chi connectivity index (χ1v) is 12.0. The van der Waals surface area contributed by atoms with E-state index in [-0.39, 0.29) is 35.1 Å². The van der Waals surface area contributed by atoms with Crippen LogP contribution in [0.25, 0.3) is 0 Å². The lowest BCUT2D eigenvalue weighted by Gasteiger charge is -2.24. The molecule has 2 fully saturated rings. The molecule has 8 heteroatoms. The summed E-state index contributed by atoms with van der Waals surface area (Å²) >= 11 is 1.38. The van der Waals surface area contributed by atoms with Crippen LogP contribution < -0.4 is 9.64 Å². The van der Waals surface area contributed by atoms with E-state index in [0.717, 1.165) is 16.8 Å². The van der Waals surface area contributed by atoms with Gasteiger partial charge in [0.1, 0.15) is 5.75 Å². The third kappa shape index (κ3) is 4.18. The number of para-hydroxylation sites is 1. The van der Waals surface area contributed by atoms with Crippen molar-refractivity contribution >= 4 is 38.4 Å². The summed E-state index contributed by atoms with van der Waals surface area (Å²) in [5.74, 6) is 0.568. The molecule has 0 aliphatic carbocycles. The number of carbonyl (C=O) groups is 1. The third-order valence-electron chi connectivity index (χ3n) is 5.13. The number of amides is 1. The molecule has 2 saturated heterocycles. The summed E-state index contributed by atoms with van der Waals surface area (Å²) in [5.41, 5.74) is 2.75. The summed E-state index contributed by atoms with van der Waals surface area (Å²) < 4.78 is 29.6. The van der Waals surface area contributed by atoms with Gasteiger partial charge in [-0.1, -0.05) is 47.7 Å². The maximum Gasteiger partial charge on any atom is 0.252 e. The molecule has 0 saturated carbocycles. The zero-order valence-corrected chi connectivity index (χ0v) is 17.9. The van der Waals surface area contributed by atoms with Crippen LogP contribution >= 0.6 is 11.8 Å². The van der Waals surface area contributed by atoms with Gasteiger partial charge in [0.15, 0.2) is 15.0 Å². The smallest absolute Gasteiger partial charge is 0.252 e. The van der Waals surface area contributed by atoms with Crippen LogP contribution in [0.4, 0.5) is 5.69 Å².